The summed E-state index contributed by atoms with van der Waals surface area (Å²) in [5.74, 6) is -0.291. The molecule has 0 aromatic rings. The number of rotatable bonds is 53. The third kappa shape index (κ3) is 34.1. The molecular formula is C71H125NO18. The smallest absolute Gasteiger partial charge is 0.220 e. The van der Waals surface area contributed by atoms with Crippen molar-refractivity contribution in [3.8, 4) is 0 Å². The van der Waals surface area contributed by atoms with Gasteiger partial charge in [-0.2, -0.15) is 0 Å². The van der Waals surface area contributed by atoms with E-state index in [1.165, 1.54) is 148 Å². The van der Waals surface area contributed by atoms with Gasteiger partial charge < -0.3 is 89.9 Å². The topological polar surface area (TPSA) is 307 Å². The fraction of sp³-hybridized carbons (Fsp3) is 0.817. The Hall–Kier alpha value is -2.77. The molecule has 12 N–H and O–H groups in total. The number of nitrogens with one attached hydrogen (secondary N) is 1. The number of carbonyl (C=O) groups is 1. The highest BCUT2D eigenvalue weighted by Gasteiger charge is 2.53. The molecule has 3 rings (SSSR count). The van der Waals surface area contributed by atoms with Crippen molar-refractivity contribution in [1.29, 1.82) is 0 Å². The van der Waals surface area contributed by atoms with E-state index in [0.717, 1.165) is 57.8 Å². The maximum atomic E-state index is 13.4. The zero-order valence-corrected chi connectivity index (χ0v) is 55.1. The van der Waals surface area contributed by atoms with Gasteiger partial charge in [-0.05, 0) is 77.0 Å². The van der Waals surface area contributed by atoms with Crippen LogP contribution in [0.1, 0.15) is 239 Å². The highest BCUT2D eigenvalue weighted by atomic mass is 16.8. The van der Waals surface area contributed by atoms with E-state index in [2.05, 4.69) is 79.9 Å². The fourth-order valence-corrected chi connectivity index (χ4v) is 11.5. The molecular weight excluding hydrogens is 1150 g/mol. The number of hydrogen-bond acceptors (Lipinski definition) is 18. The molecule has 3 saturated heterocycles. The fourth-order valence-electron chi connectivity index (χ4n) is 11.5. The quantitative estimate of drug-likeness (QED) is 0.0199. The van der Waals surface area contributed by atoms with E-state index in [1.54, 1.807) is 6.08 Å². The van der Waals surface area contributed by atoms with Crippen molar-refractivity contribution >= 4 is 5.91 Å². The number of allylic oxidation sites excluding steroid dienone is 11. The SMILES string of the molecule is CCCC/C=C/CC/C=C/CC/C=C/C(O)C(COC1OC(CO)C(OC2OC(CO)C(OC3OC(CO)C(O)C(O)C3O)C(O)C2O)C(O)C1O)NC(=O)CCCCCCCCCCCCCCCCCCCC/C=C\C/C=C\C/C=C\CCCCCCC. The van der Waals surface area contributed by atoms with Gasteiger partial charge in [0.25, 0.3) is 0 Å². The van der Waals surface area contributed by atoms with Crippen LogP contribution in [0.15, 0.2) is 72.9 Å². The predicted octanol–water partition coefficient (Wildman–Crippen LogP) is 9.33. The van der Waals surface area contributed by atoms with Crippen molar-refractivity contribution in [1.82, 2.24) is 5.32 Å². The largest absolute Gasteiger partial charge is 0.394 e. The second kappa shape index (κ2) is 52.5. The Morgan fingerprint density at radius 1 is 0.400 bits per heavy atom. The Kier molecular flexibility index (Phi) is 47.5. The summed E-state index contributed by atoms with van der Waals surface area (Å²) in [5.41, 5.74) is 0. The maximum Gasteiger partial charge on any atom is 0.220 e. The van der Waals surface area contributed by atoms with Crippen LogP contribution in [0.5, 0.6) is 0 Å². The maximum absolute atomic E-state index is 13.4. The van der Waals surface area contributed by atoms with Gasteiger partial charge in [-0.3, -0.25) is 4.79 Å². The number of aliphatic hydroxyl groups excluding tert-OH is 11. The molecule has 0 spiro atoms. The highest BCUT2D eigenvalue weighted by molar-refractivity contribution is 5.76. The molecule has 0 aliphatic carbocycles. The van der Waals surface area contributed by atoms with Crippen LogP contribution in [0.3, 0.4) is 0 Å². The van der Waals surface area contributed by atoms with Crippen LogP contribution in [0.2, 0.25) is 0 Å². The molecule has 3 heterocycles. The van der Waals surface area contributed by atoms with E-state index in [1.807, 2.05) is 6.08 Å². The first-order valence-corrected chi connectivity index (χ1v) is 35.2. The molecule has 17 atom stereocenters. The Labute approximate surface area is 540 Å². The first-order chi connectivity index (χ1) is 43.8. The van der Waals surface area contributed by atoms with Crippen molar-refractivity contribution in [2.75, 3.05) is 26.4 Å². The minimum atomic E-state index is -1.98. The molecule has 0 aromatic heterocycles. The Morgan fingerprint density at radius 3 is 1.22 bits per heavy atom. The standard InChI is InChI=1S/C71H125NO18/c1-3-5-7-9-11-13-15-17-18-19-20-21-22-23-24-25-26-27-28-29-30-31-32-33-34-35-36-37-39-41-43-45-47-49-59(77)72-54(55(76)48-46-44-42-40-38-16-14-12-10-8-6-4-2)53-85-69-65(83)62(80)67(57(51-74)87-69)90-71-66(84)63(81)68(58(52-75)88-71)89-70-64(82)61(79)60(78)56(50-73)86-70/h10,12,15,17,19-20,22-23,38,40,46,48,54-58,60-71,73-76,78-84H,3-9,11,13-14,16,18,21,24-37,39,41-45,47,49-53H2,1-2H3,(H,72,77)/b12-10+,17-15-,20-19-,23-22-,40-38+,48-46+. The number of unbranched alkanes of at least 4 members (excludes halogenated alkanes) is 27. The van der Waals surface area contributed by atoms with Crippen LogP contribution >= 0.6 is 0 Å². The van der Waals surface area contributed by atoms with Crippen molar-refractivity contribution in [3.63, 3.8) is 0 Å². The zero-order chi connectivity index (χ0) is 65.4. The molecule has 0 saturated carbocycles. The van der Waals surface area contributed by atoms with Gasteiger partial charge in [-0.25, -0.2) is 0 Å². The number of hydrogen-bond donors (Lipinski definition) is 12. The number of ether oxygens (including phenoxy) is 6. The van der Waals surface area contributed by atoms with Gasteiger partial charge in [0.15, 0.2) is 18.9 Å². The number of amides is 1. The monoisotopic (exact) mass is 1280 g/mol. The molecule has 0 bridgehead atoms. The van der Waals surface area contributed by atoms with Crippen LogP contribution in [0.25, 0.3) is 0 Å². The minimum absolute atomic E-state index is 0.230. The van der Waals surface area contributed by atoms with Gasteiger partial charge in [-0.15, -0.1) is 0 Å². The van der Waals surface area contributed by atoms with Crippen LogP contribution in [-0.4, -0.2) is 193 Å². The van der Waals surface area contributed by atoms with E-state index in [-0.39, 0.29) is 18.9 Å². The van der Waals surface area contributed by atoms with E-state index < -0.39 is 124 Å². The van der Waals surface area contributed by atoms with Gasteiger partial charge >= 0.3 is 0 Å². The molecule has 0 aromatic carbocycles. The molecule has 0 radical (unpaired) electrons. The van der Waals surface area contributed by atoms with E-state index >= 15 is 0 Å². The lowest BCUT2D eigenvalue weighted by molar-refractivity contribution is -0.379. The lowest BCUT2D eigenvalue weighted by atomic mass is 9.96. The van der Waals surface area contributed by atoms with Gasteiger partial charge in [0.1, 0.15) is 73.2 Å². The summed E-state index contributed by atoms with van der Waals surface area (Å²) in [6.45, 7) is 1.63. The molecule has 522 valence electrons. The molecule has 17 unspecified atom stereocenters. The van der Waals surface area contributed by atoms with Gasteiger partial charge in [0, 0.05) is 6.42 Å². The summed E-state index contributed by atoms with van der Waals surface area (Å²) in [6.07, 6.45) is 39.1. The molecule has 3 aliphatic heterocycles. The van der Waals surface area contributed by atoms with Gasteiger partial charge in [-0.1, -0.05) is 228 Å². The van der Waals surface area contributed by atoms with Crippen molar-refractivity contribution in [2.24, 2.45) is 0 Å². The first kappa shape index (κ1) is 81.5. The molecule has 19 nitrogen and oxygen atoms in total. The summed E-state index contributed by atoms with van der Waals surface area (Å²) < 4.78 is 34.3. The summed E-state index contributed by atoms with van der Waals surface area (Å²) >= 11 is 0. The lowest BCUT2D eigenvalue weighted by Crippen LogP contribution is -2.66. The zero-order valence-electron chi connectivity index (χ0n) is 55.1. The number of carbonyl (C=O) groups excluding carboxylic acids is 1. The van der Waals surface area contributed by atoms with Crippen molar-refractivity contribution in [3.05, 3.63) is 72.9 Å². The second-order valence-electron chi connectivity index (χ2n) is 25.0. The van der Waals surface area contributed by atoms with Gasteiger partial charge in [0.05, 0.1) is 38.6 Å². The molecule has 3 aliphatic rings. The Morgan fingerprint density at radius 2 is 0.756 bits per heavy atom. The predicted molar refractivity (Wildman–Crippen MR) is 351 cm³/mol. The van der Waals surface area contributed by atoms with E-state index in [9.17, 15) is 61.0 Å². The summed E-state index contributed by atoms with van der Waals surface area (Å²) in [5, 5.41) is 120. The summed E-state index contributed by atoms with van der Waals surface area (Å²) in [7, 11) is 0. The lowest BCUT2D eigenvalue weighted by Gasteiger charge is -2.48. The molecule has 3 fully saturated rings. The van der Waals surface area contributed by atoms with Crippen LogP contribution in [-0.2, 0) is 33.2 Å². The number of aliphatic hydroxyl groups is 11. The van der Waals surface area contributed by atoms with Crippen molar-refractivity contribution in [2.45, 2.75) is 343 Å². The average Bonchev–Trinajstić information content (AvgIpc) is 1.80. The van der Waals surface area contributed by atoms with Crippen LogP contribution < -0.4 is 5.32 Å². The third-order valence-electron chi connectivity index (χ3n) is 17.2. The van der Waals surface area contributed by atoms with Crippen molar-refractivity contribution < 1.29 is 89.4 Å². The van der Waals surface area contributed by atoms with Crippen LogP contribution in [0.4, 0.5) is 0 Å². The molecule has 1 amide bonds. The Bertz CT molecular complexity index is 1920. The second-order valence-corrected chi connectivity index (χ2v) is 25.0. The minimum Gasteiger partial charge on any atom is -0.394 e. The Balaban J connectivity index is 1.35. The highest BCUT2D eigenvalue weighted by Crippen LogP contribution is 2.33. The molecule has 19 heteroatoms. The first-order valence-electron chi connectivity index (χ1n) is 35.2. The van der Waals surface area contributed by atoms with E-state index in [0.29, 0.717) is 12.8 Å². The van der Waals surface area contributed by atoms with E-state index in [4.69, 9.17) is 28.4 Å². The average molecular weight is 1280 g/mol. The normalized spacial score (nSPS) is 28.5. The summed E-state index contributed by atoms with van der Waals surface area (Å²) in [6, 6.07) is -0.997. The van der Waals surface area contributed by atoms with Gasteiger partial charge in [0.2, 0.25) is 5.91 Å². The molecule has 90 heavy (non-hydrogen) atoms. The summed E-state index contributed by atoms with van der Waals surface area (Å²) in [4.78, 5) is 13.4. The third-order valence-corrected chi connectivity index (χ3v) is 17.2. The van der Waals surface area contributed by atoms with Crippen LogP contribution in [0, 0.1) is 0 Å².